The minimum Gasteiger partial charge on any atom is -0.496 e. The van der Waals surface area contributed by atoms with Gasteiger partial charge in [0, 0.05) is 25.2 Å². The predicted octanol–water partition coefficient (Wildman–Crippen LogP) is 2.13. The summed E-state index contributed by atoms with van der Waals surface area (Å²) in [4.78, 5) is 2.41. The van der Waals surface area contributed by atoms with Crippen molar-refractivity contribution in [3.8, 4) is 5.75 Å². The number of ether oxygens (including phenoxy) is 1. The average Bonchev–Trinajstić information content (AvgIpc) is 2.39. The molecule has 0 heterocycles. The first-order valence-corrected chi connectivity index (χ1v) is 6.36. The molecule has 96 valence electrons. The highest BCUT2D eigenvalue weighted by atomic mass is 16.5. The van der Waals surface area contributed by atoms with Crippen molar-refractivity contribution in [1.29, 1.82) is 0 Å². The van der Waals surface area contributed by atoms with Crippen molar-refractivity contribution in [3.63, 3.8) is 0 Å². The van der Waals surface area contributed by atoms with Crippen LogP contribution in [0.4, 0.5) is 0 Å². The predicted molar refractivity (Wildman–Crippen MR) is 72.5 cm³/mol. The third-order valence-electron chi connectivity index (χ3n) is 3.01. The summed E-state index contributed by atoms with van der Waals surface area (Å²) in [6, 6.07) is 8.15. The third-order valence-corrected chi connectivity index (χ3v) is 3.01. The zero-order valence-electron chi connectivity index (χ0n) is 11.2. The maximum absolute atomic E-state index is 5.32. The van der Waals surface area contributed by atoms with Gasteiger partial charge in [0.15, 0.2) is 0 Å². The number of nitrogens with one attached hydrogen (secondary N) is 1. The molecule has 0 saturated carbocycles. The summed E-state index contributed by atoms with van der Waals surface area (Å²) in [6.45, 7) is 9.61. The quantitative estimate of drug-likeness (QED) is 0.700. The molecule has 0 aliphatic rings. The van der Waals surface area contributed by atoms with E-state index in [2.05, 4.69) is 30.1 Å². The fourth-order valence-corrected chi connectivity index (χ4v) is 1.85. The summed E-state index contributed by atoms with van der Waals surface area (Å²) >= 11 is 0. The zero-order valence-corrected chi connectivity index (χ0v) is 11.2. The maximum atomic E-state index is 5.32. The van der Waals surface area contributed by atoms with Gasteiger partial charge < -0.3 is 15.0 Å². The van der Waals surface area contributed by atoms with E-state index in [1.807, 2.05) is 18.2 Å². The summed E-state index contributed by atoms with van der Waals surface area (Å²) in [7, 11) is 1.72. The fourth-order valence-electron chi connectivity index (χ4n) is 1.85. The van der Waals surface area contributed by atoms with Gasteiger partial charge in [-0.15, -0.1) is 0 Å². The molecule has 1 rings (SSSR count). The molecule has 0 spiro atoms. The summed E-state index contributed by atoms with van der Waals surface area (Å²) in [5.41, 5.74) is 1.22. The number of nitrogens with zero attached hydrogens (tertiary/aromatic N) is 1. The van der Waals surface area contributed by atoms with Crippen molar-refractivity contribution >= 4 is 0 Å². The van der Waals surface area contributed by atoms with Crippen molar-refractivity contribution in [2.45, 2.75) is 20.4 Å². The summed E-state index contributed by atoms with van der Waals surface area (Å²) in [5, 5.41) is 3.45. The molecule has 3 nitrogen and oxygen atoms in total. The van der Waals surface area contributed by atoms with Gasteiger partial charge in [-0.2, -0.15) is 0 Å². The topological polar surface area (TPSA) is 24.5 Å². The molecule has 0 atom stereocenters. The Bertz CT molecular complexity index is 311. The SMILES string of the molecule is CCN(CC)CCNCc1ccccc1OC. The molecule has 0 aromatic heterocycles. The van der Waals surface area contributed by atoms with Crippen LogP contribution in [0, 0.1) is 0 Å². The van der Waals surface area contributed by atoms with Crippen molar-refractivity contribution in [2.24, 2.45) is 0 Å². The molecule has 1 N–H and O–H groups in total. The molecule has 3 heteroatoms. The van der Waals surface area contributed by atoms with Crippen LogP contribution in [-0.4, -0.2) is 38.2 Å². The summed E-state index contributed by atoms with van der Waals surface area (Å²) in [6.07, 6.45) is 0. The third kappa shape index (κ3) is 4.75. The van der Waals surface area contributed by atoms with Gasteiger partial charge in [0.1, 0.15) is 5.75 Å². The molecule has 0 aliphatic heterocycles. The average molecular weight is 236 g/mol. The summed E-state index contributed by atoms with van der Waals surface area (Å²) < 4.78 is 5.32. The first-order chi connectivity index (χ1) is 8.31. The number of likely N-dealkylation sites (N-methyl/N-ethyl adjacent to an activating group) is 1. The highest BCUT2D eigenvalue weighted by molar-refractivity contribution is 5.32. The lowest BCUT2D eigenvalue weighted by molar-refractivity contribution is 0.302. The lowest BCUT2D eigenvalue weighted by atomic mass is 10.2. The van der Waals surface area contributed by atoms with Gasteiger partial charge in [0.05, 0.1) is 7.11 Å². The van der Waals surface area contributed by atoms with Crippen molar-refractivity contribution in [2.75, 3.05) is 33.3 Å². The Balaban J connectivity index is 2.30. The molecule has 0 fully saturated rings. The van der Waals surface area contributed by atoms with Crippen LogP contribution in [0.15, 0.2) is 24.3 Å². The second-order valence-electron chi connectivity index (χ2n) is 4.02. The molecular weight excluding hydrogens is 212 g/mol. The van der Waals surface area contributed by atoms with E-state index in [0.717, 1.165) is 38.5 Å². The van der Waals surface area contributed by atoms with E-state index in [9.17, 15) is 0 Å². The minimum absolute atomic E-state index is 0.866. The number of para-hydroxylation sites is 1. The highest BCUT2D eigenvalue weighted by Gasteiger charge is 2.01. The maximum Gasteiger partial charge on any atom is 0.123 e. The summed E-state index contributed by atoms with van der Waals surface area (Å²) in [5.74, 6) is 0.961. The van der Waals surface area contributed by atoms with E-state index in [4.69, 9.17) is 4.74 Å². The molecule has 0 saturated heterocycles. The van der Waals surface area contributed by atoms with Crippen LogP contribution < -0.4 is 10.1 Å². The van der Waals surface area contributed by atoms with Crippen LogP contribution in [-0.2, 0) is 6.54 Å². The Morgan fingerprint density at radius 2 is 1.88 bits per heavy atom. The first-order valence-electron chi connectivity index (χ1n) is 6.36. The van der Waals surface area contributed by atoms with E-state index >= 15 is 0 Å². The van der Waals surface area contributed by atoms with Crippen LogP contribution in [0.3, 0.4) is 0 Å². The first kappa shape index (κ1) is 14.0. The van der Waals surface area contributed by atoms with Gasteiger partial charge in [0.2, 0.25) is 0 Å². The molecule has 0 unspecified atom stereocenters. The lowest BCUT2D eigenvalue weighted by Gasteiger charge is -2.18. The Hall–Kier alpha value is -1.06. The second kappa shape index (κ2) is 8.09. The van der Waals surface area contributed by atoms with Crippen molar-refractivity contribution < 1.29 is 4.74 Å². The number of hydrogen-bond donors (Lipinski definition) is 1. The van der Waals surface area contributed by atoms with Gasteiger partial charge in [-0.25, -0.2) is 0 Å². The van der Waals surface area contributed by atoms with E-state index < -0.39 is 0 Å². The molecule has 0 bridgehead atoms. The van der Waals surface area contributed by atoms with Crippen LogP contribution in [0.2, 0.25) is 0 Å². The van der Waals surface area contributed by atoms with Gasteiger partial charge >= 0.3 is 0 Å². The second-order valence-corrected chi connectivity index (χ2v) is 4.02. The van der Waals surface area contributed by atoms with Crippen LogP contribution in [0.25, 0.3) is 0 Å². The molecule has 0 aliphatic carbocycles. The molecule has 1 aromatic carbocycles. The normalized spacial score (nSPS) is 10.8. The molecular formula is C14H24N2O. The lowest BCUT2D eigenvalue weighted by Crippen LogP contribution is -2.31. The number of hydrogen-bond acceptors (Lipinski definition) is 3. The monoisotopic (exact) mass is 236 g/mol. The Morgan fingerprint density at radius 1 is 1.18 bits per heavy atom. The van der Waals surface area contributed by atoms with E-state index in [-0.39, 0.29) is 0 Å². The largest absolute Gasteiger partial charge is 0.496 e. The van der Waals surface area contributed by atoms with Gasteiger partial charge in [-0.1, -0.05) is 32.0 Å². The van der Waals surface area contributed by atoms with Crippen LogP contribution in [0.5, 0.6) is 5.75 Å². The Morgan fingerprint density at radius 3 is 2.53 bits per heavy atom. The van der Waals surface area contributed by atoms with E-state index in [1.165, 1.54) is 5.56 Å². The van der Waals surface area contributed by atoms with Crippen LogP contribution in [0.1, 0.15) is 19.4 Å². The molecule has 0 amide bonds. The highest BCUT2D eigenvalue weighted by Crippen LogP contribution is 2.16. The minimum atomic E-state index is 0.866. The van der Waals surface area contributed by atoms with Gasteiger partial charge in [-0.3, -0.25) is 0 Å². The van der Waals surface area contributed by atoms with Crippen molar-refractivity contribution in [1.82, 2.24) is 10.2 Å². The van der Waals surface area contributed by atoms with Gasteiger partial charge in [0.25, 0.3) is 0 Å². The number of benzene rings is 1. The number of methoxy groups -OCH3 is 1. The van der Waals surface area contributed by atoms with Gasteiger partial charge in [-0.05, 0) is 19.2 Å². The smallest absolute Gasteiger partial charge is 0.123 e. The molecule has 1 aromatic rings. The van der Waals surface area contributed by atoms with Crippen LogP contribution >= 0.6 is 0 Å². The standard InChI is InChI=1S/C14H24N2O/c1-4-16(5-2)11-10-15-12-13-8-6-7-9-14(13)17-3/h6-9,15H,4-5,10-12H2,1-3H3. The molecule has 0 radical (unpaired) electrons. The Kier molecular flexibility index (Phi) is 6.67. The zero-order chi connectivity index (χ0) is 12.5. The molecule has 17 heavy (non-hydrogen) atoms. The van der Waals surface area contributed by atoms with E-state index in [0.29, 0.717) is 0 Å². The fraction of sp³-hybridized carbons (Fsp3) is 0.571. The Labute approximate surface area is 105 Å². The van der Waals surface area contributed by atoms with Crippen molar-refractivity contribution in [3.05, 3.63) is 29.8 Å². The van der Waals surface area contributed by atoms with E-state index in [1.54, 1.807) is 7.11 Å². The number of rotatable bonds is 8.